The lowest BCUT2D eigenvalue weighted by atomic mass is 9.80. The standard InChI is InChI=1S/C72H62N4O/c1-44-20-17-21-45(2)67(44)48-36-60-56-28-13-11-26-54(56)55-27-12-14-29-57(55)61-38-50(72(8,9)10)39-62(68-46(3)22-18-23-47(68)4)69(61)75-43-74(65(37-48)70(60)75)51-24-19-25-52(41-51)77-53-32-33-59-58-30-15-16-31-63(58)76(64(59)42-53)66-40-49(34-35-73-66)71(5,6)7/h11-42H,1-10H3/i1D3,2D3,3D3,4D3. The number of fused-ring (bicyclic) bond motifs is 10. The number of aryl methyl sites for hydroxylation is 4. The Labute approximate surface area is 469 Å². The number of pyridine rings is 1. The van der Waals surface area contributed by atoms with Crippen LogP contribution in [0.3, 0.4) is 0 Å². The Morgan fingerprint density at radius 3 is 1.73 bits per heavy atom. The van der Waals surface area contributed by atoms with Crippen LogP contribution in [0.5, 0.6) is 11.5 Å². The Bertz CT molecular complexity index is 4790. The Kier molecular flexibility index (Phi) is 8.43. The lowest BCUT2D eigenvalue weighted by Crippen LogP contribution is -2.32. The van der Waals surface area contributed by atoms with Crippen molar-refractivity contribution < 1.29 is 25.8 Å². The SMILES string of the molecule is [2H]C([2H])([2H])c1cccc(C([2H])([2H])[2H])c1-c1cc2c3c(c1)n(-c1cccc(Oc4ccc5c6ccccc6n(-c6cc(C(C)(C)C)ccn6)c5c4)c1)[c-][n+]3-c1c(cc(C(C)(C)C)cc1-c1c(C([2H])([2H])[2H])cccc1C([2H])([2H])[2H])-c1ccccc1-c1ccccc1-2. The van der Waals surface area contributed by atoms with Gasteiger partial charge in [0, 0.05) is 39.5 Å². The fraction of sp³-hybridized carbons (Fsp3) is 0.167. The summed E-state index contributed by atoms with van der Waals surface area (Å²) in [4.78, 5) is 4.89. The van der Waals surface area contributed by atoms with Gasteiger partial charge < -0.3 is 4.74 Å². The van der Waals surface area contributed by atoms with Gasteiger partial charge in [-0.3, -0.25) is 13.7 Å². The van der Waals surface area contributed by atoms with Gasteiger partial charge in [0.2, 0.25) is 0 Å². The summed E-state index contributed by atoms with van der Waals surface area (Å²) in [6.45, 7) is 1.60. The Hall–Kier alpha value is -8.80. The van der Waals surface area contributed by atoms with Crippen molar-refractivity contribution in [2.24, 2.45) is 0 Å². The van der Waals surface area contributed by atoms with E-state index >= 15 is 0 Å². The zero-order chi connectivity index (χ0) is 63.1. The topological polar surface area (TPSA) is 35.9 Å². The fourth-order valence-corrected chi connectivity index (χ4v) is 11.3. The maximum Gasteiger partial charge on any atom is 0.269 e. The first-order chi connectivity index (χ1) is 41.9. The molecular formula is C72H62N4O. The van der Waals surface area contributed by atoms with E-state index in [1.54, 1.807) is 6.07 Å². The van der Waals surface area contributed by atoms with Gasteiger partial charge in [-0.1, -0.05) is 169 Å². The summed E-state index contributed by atoms with van der Waals surface area (Å²) in [5.74, 6) is 1.74. The normalized spacial score (nSPS) is 15.2. The Morgan fingerprint density at radius 1 is 0.468 bits per heavy atom. The van der Waals surface area contributed by atoms with Crippen molar-refractivity contribution in [2.75, 3.05) is 0 Å². The van der Waals surface area contributed by atoms with Gasteiger partial charge in [0.25, 0.3) is 6.33 Å². The number of para-hydroxylation sites is 1. The van der Waals surface area contributed by atoms with Gasteiger partial charge in [0.1, 0.15) is 17.3 Å². The van der Waals surface area contributed by atoms with Gasteiger partial charge in [-0.25, -0.2) is 4.98 Å². The largest absolute Gasteiger partial charge is 0.458 e. The van der Waals surface area contributed by atoms with Gasteiger partial charge >= 0.3 is 0 Å². The van der Waals surface area contributed by atoms with E-state index < -0.39 is 32.8 Å². The first-order valence-electron chi connectivity index (χ1n) is 31.9. The average molecular weight is 1010 g/mol. The van der Waals surface area contributed by atoms with E-state index in [-0.39, 0.29) is 38.8 Å². The molecule has 0 saturated carbocycles. The third kappa shape index (κ3) is 7.98. The number of rotatable bonds is 6. The zero-order valence-electron chi connectivity index (χ0n) is 55.7. The molecule has 5 nitrogen and oxygen atoms in total. The summed E-state index contributed by atoms with van der Waals surface area (Å²) < 4.78 is 120. The maximum atomic E-state index is 9.05. The summed E-state index contributed by atoms with van der Waals surface area (Å²) in [5.41, 5.74) is 9.29. The number of ether oxygens (including phenoxy) is 1. The van der Waals surface area contributed by atoms with Crippen LogP contribution in [0.15, 0.2) is 194 Å². The molecule has 0 spiro atoms. The van der Waals surface area contributed by atoms with E-state index in [1.165, 1.54) is 36.4 Å². The van der Waals surface area contributed by atoms with Crippen LogP contribution in [-0.4, -0.2) is 14.1 Å². The summed E-state index contributed by atoms with van der Waals surface area (Å²) in [6.07, 6.45) is 5.59. The second-order valence-electron chi connectivity index (χ2n) is 22.2. The van der Waals surface area contributed by atoms with Gasteiger partial charge in [0.15, 0.2) is 0 Å². The van der Waals surface area contributed by atoms with E-state index in [0.29, 0.717) is 61.7 Å². The molecule has 0 fully saturated rings. The highest BCUT2D eigenvalue weighted by atomic mass is 16.5. The molecule has 0 saturated heterocycles. The quantitative estimate of drug-likeness (QED) is 0.123. The number of hydrogen-bond donors (Lipinski definition) is 0. The molecule has 0 N–H and O–H groups in total. The molecule has 0 amide bonds. The van der Waals surface area contributed by atoms with Crippen molar-refractivity contribution in [3.8, 4) is 84.3 Å². The second kappa shape index (κ2) is 17.9. The van der Waals surface area contributed by atoms with Crippen LogP contribution in [0, 0.1) is 33.7 Å². The van der Waals surface area contributed by atoms with Crippen LogP contribution in [0.4, 0.5) is 0 Å². The summed E-state index contributed by atoms with van der Waals surface area (Å²) in [7, 11) is 0. The number of benzene rings is 9. The molecule has 0 unspecified atom stereocenters. The molecule has 376 valence electrons. The molecule has 1 aliphatic rings. The summed E-state index contributed by atoms with van der Waals surface area (Å²) >= 11 is 0. The highest BCUT2D eigenvalue weighted by molar-refractivity contribution is 6.10. The smallest absolute Gasteiger partial charge is 0.269 e. The maximum absolute atomic E-state index is 9.05. The first kappa shape index (κ1) is 36.2. The van der Waals surface area contributed by atoms with Crippen LogP contribution in [0.1, 0.15) is 91.4 Å². The monoisotopic (exact) mass is 1010 g/mol. The molecule has 9 aromatic carbocycles. The molecule has 1 aliphatic heterocycles. The molecule has 77 heavy (non-hydrogen) atoms. The van der Waals surface area contributed by atoms with Crippen molar-refractivity contribution in [2.45, 2.75) is 79.8 Å². The zero-order valence-corrected chi connectivity index (χ0v) is 43.7. The third-order valence-electron chi connectivity index (χ3n) is 15.2. The van der Waals surface area contributed by atoms with Gasteiger partial charge in [-0.2, -0.15) is 0 Å². The highest BCUT2D eigenvalue weighted by Gasteiger charge is 2.30. The molecule has 12 aromatic rings. The third-order valence-corrected chi connectivity index (χ3v) is 15.2. The number of nitrogens with zero attached hydrogens (tertiary/aromatic N) is 4. The van der Waals surface area contributed by atoms with Crippen molar-refractivity contribution in [3.63, 3.8) is 0 Å². The van der Waals surface area contributed by atoms with Crippen LogP contribution in [0.2, 0.25) is 0 Å². The van der Waals surface area contributed by atoms with E-state index in [1.807, 2.05) is 137 Å². The van der Waals surface area contributed by atoms with Gasteiger partial charge in [-0.15, -0.1) is 0 Å². The van der Waals surface area contributed by atoms with Crippen LogP contribution >= 0.6 is 0 Å². The molecule has 5 heteroatoms. The van der Waals surface area contributed by atoms with Crippen molar-refractivity contribution in [1.82, 2.24) is 14.1 Å². The van der Waals surface area contributed by atoms with Crippen LogP contribution in [-0.2, 0) is 10.8 Å². The van der Waals surface area contributed by atoms with Gasteiger partial charge in [0.05, 0.1) is 33.4 Å². The van der Waals surface area contributed by atoms with E-state index in [9.17, 15) is 0 Å². The Balaban J connectivity index is 1.15. The minimum Gasteiger partial charge on any atom is -0.458 e. The lowest BCUT2D eigenvalue weighted by molar-refractivity contribution is -0.570. The summed E-state index contributed by atoms with van der Waals surface area (Å²) in [6, 6.07) is 57.9. The molecule has 0 bridgehead atoms. The fourth-order valence-electron chi connectivity index (χ4n) is 11.3. The predicted molar refractivity (Wildman–Crippen MR) is 319 cm³/mol. The average Bonchev–Trinajstić information content (AvgIpc) is 1.65. The summed E-state index contributed by atoms with van der Waals surface area (Å²) in [5, 5.41) is 2.06. The molecule has 0 aliphatic carbocycles. The lowest BCUT2D eigenvalue weighted by Gasteiger charge is -2.27. The van der Waals surface area contributed by atoms with Crippen LogP contribution in [0.25, 0.3) is 106 Å². The molecular weight excluding hydrogens is 937 g/mol. The molecule has 3 aromatic heterocycles. The molecule has 13 rings (SSSR count). The number of aromatic nitrogens is 4. The highest BCUT2D eigenvalue weighted by Crippen LogP contribution is 2.49. The minimum absolute atomic E-state index is 0.0257. The van der Waals surface area contributed by atoms with E-state index in [0.717, 1.165) is 55.4 Å². The first-order valence-corrected chi connectivity index (χ1v) is 25.9. The van der Waals surface area contributed by atoms with Crippen molar-refractivity contribution in [1.29, 1.82) is 0 Å². The van der Waals surface area contributed by atoms with E-state index in [4.69, 9.17) is 26.2 Å². The predicted octanol–water partition coefficient (Wildman–Crippen LogP) is 18.5. The number of hydrogen-bond acceptors (Lipinski definition) is 2. The van der Waals surface area contributed by atoms with Crippen molar-refractivity contribution >= 4 is 32.8 Å². The molecule has 0 radical (unpaired) electrons. The van der Waals surface area contributed by atoms with Crippen molar-refractivity contribution in [3.05, 3.63) is 234 Å². The molecule has 0 atom stereocenters. The van der Waals surface area contributed by atoms with E-state index in [2.05, 4.69) is 76.7 Å². The Morgan fingerprint density at radius 2 is 1.05 bits per heavy atom. The number of imidazole rings is 1. The van der Waals surface area contributed by atoms with Crippen LogP contribution < -0.4 is 9.30 Å². The second-order valence-corrected chi connectivity index (χ2v) is 22.2. The molecule has 4 heterocycles. The minimum atomic E-state index is -2.79. The van der Waals surface area contributed by atoms with Gasteiger partial charge in [-0.05, 0) is 182 Å².